The van der Waals surface area contributed by atoms with E-state index in [1.54, 1.807) is 0 Å². The molecule has 2 fully saturated rings. The largest absolute Gasteiger partial charge is 0.306 e. The molecule has 3 heteroatoms. The van der Waals surface area contributed by atoms with Crippen LogP contribution in [0.25, 0.3) is 0 Å². The number of nitrogens with zero attached hydrogens (tertiary/aromatic N) is 2. The molecule has 2 rings (SSSR count). The molecule has 0 aromatic carbocycles. The first-order valence-corrected chi connectivity index (χ1v) is 4.37. The van der Waals surface area contributed by atoms with Crippen molar-refractivity contribution in [2.75, 3.05) is 40.3 Å². The highest BCUT2D eigenvalue weighted by atomic mass is 15.3. The molecule has 0 radical (unpaired) electrons. The molecule has 1 N–H and O–H groups in total. The number of nitrogens with one attached hydrogen (secondary N) is 1. The minimum absolute atomic E-state index is 0.706. The summed E-state index contributed by atoms with van der Waals surface area (Å²) in [7, 11) is 4.43. The molecular formula is C8H17N3. The van der Waals surface area contributed by atoms with Gasteiger partial charge in [0.15, 0.2) is 0 Å². The van der Waals surface area contributed by atoms with Crippen LogP contribution in [-0.4, -0.2) is 62.2 Å². The second kappa shape index (κ2) is 2.73. The molecule has 64 valence electrons. The Morgan fingerprint density at radius 3 is 1.64 bits per heavy atom. The van der Waals surface area contributed by atoms with Crippen LogP contribution in [-0.2, 0) is 0 Å². The average Bonchev–Trinajstić information content (AvgIpc) is 1.82. The van der Waals surface area contributed by atoms with Crippen LogP contribution in [0.5, 0.6) is 0 Å². The Morgan fingerprint density at radius 2 is 1.27 bits per heavy atom. The quantitative estimate of drug-likeness (QED) is 0.494. The lowest BCUT2D eigenvalue weighted by molar-refractivity contribution is 0.0966. The zero-order valence-corrected chi connectivity index (χ0v) is 7.38. The fourth-order valence-corrected chi connectivity index (χ4v) is 2.31. The topological polar surface area (TPSA) is 18.5 Å². The van der Waals surface area contributed by atoms with Crippen molar-refractivity contribution in [1.82, 2.24) is 15.1 Å². The van der Waals surface area contributed by atoms with Gasteiger partial charge in [-0.1, -0.05) is 0 Å². The van der Waals surface area contributed by atoms with Crippen molar-refractivity contribution in [3.63, 3.8) is 0 Å². The van der Waals surface area contributed by atoms with Gasteiger partial charge >= 0.3 is 0 Å². The summed E-state index contributed by atoms with van der Waals surface area (Å²) in [4.78, 5) is 4.86. The first-order valence-electron chi connectivity index (χ1n) is 4.37. The SMILES string of the molecule is CN1CC2CN(C)CC(C1)N2. The van der Waals surface area contributed by atoms with E-state index in [0.717, 1.165) is 0 Å². The van der Waals surface area contributed by atoms with E-state index in [1.807, 2.05) is 0 Å². The molecule has 0 saturated carbocycles. The summed E-state index contributed by atoms with van der Waals surface area (Å²) in [6.07, 6.45) is 0. The molecule has 2 heterocycles. The Balaban J connectivity index is 2.00. The van der Waals surface area contributed by atoms with Gasteiger partial charge < -0.3 is 15.1 Å². The molecule has 0 aromatic rings. The predicted octanol–water partition coefficient (Wildman–Crippen LogP) is -0.796. The van der Waals surface area contributed by atoms with Crippen LogP contribution in [0.15, 0.2) is 0 Å². The van der Waals surface area contributed by atoms with E-state index in [-0.39, 0.29) is 0 Å². The first kappa shape index (κ1) is 7.53. The highest BCUT2D eigenvalue weighted by Crippen LogP contribution is 2.09. The first-order chi connectivity index (χ1) is 5.24. The molecule has 0 atom stereocenters. The maximum atomic E-state index is 3.63. The molecule has 11 heavy (non-hydrogen) atoms. The molecule has 2 aliphatic heterocycles. The zero-order valence-electron chi connectivity index (χ0n) is 7.38. The summed E-state index contributed by atoms with van der Waals surface area (Å²) in [5.41, 5.74) is 0. The van der Waals surface area contributed by atoms with Gasteiger partial charge in [0, 0.05) is 38.3 Å². The van der Waals surface area contributed by atoms with Crippen LogP contribution in [0.4, 0.5) is 0 Å². The summed E-state index contributed by atoms with van der Waals surface area (Å²) in [5.74, 6) is 0. The van der Waals surface area contributed by atoms with Gasteiger partial charge in [0.25, 0.3) is 0 Å². The van der Waals surface area contributed by atoms with E-state index in [4.69, 9.17) is 0 Å². The van der Waals surface area contributed by atoms with E-state index in [2.05, 4.69) is 29.2 Å². The predicted molar refractivity (Wildman–Crippen MR) is 45.7 cm³/mol. The highest BCUT2D eigenvalue weighted by molar-refractivity contribution is 4.91. The van der Waals surface area contributed by atoms with Crippen molar-refractivity contribution < 1.29 is 0 Å². The minimum atomic E-state index is 0.706. The third kappa shape index (κ3) is 1.55. The van der Waals surface area contributed by atoms with Crippen LogP contribution in [0.2, 0.25) is 0 Å². The molecule has 0 amide bonds. The summed E-state index contributed by atoms with van der Waals surface area (Å²) in [6, 6.07) is 1.41. The Hall–Kier alpha value is -0.120. The smallest absolute Gasteiger partial charge is 0.0325 e. The Bertz CT molecular complexity index is 115. The fraction of sp³-hybridized carbons (Fsp3) is 1.00. The van der Waals surface area contributed by atoms with Crippen LogP contribution >= 0.6 is 0 Å². The van der Waals surface area contributed by atoms with Crippen LogP contribution in [0.1, 0.15) is 0 Å². The Labute approximate surface area is 68.4 Å². The molecule has 2 saturated heterocycles. The summed E-state index contributed by atoms with van der Waals surface area (Å²) < 4.78 is 0. The molecule has 0 aromatic heterocycles. The summed E-state index contributed by atoms with van der Waals surface area (Å²) in [6.45, 7) is 4.84. The van der Waals surface area contributed by atoms with Crippen molar-refractivity contribution in [3.8, 4) is 0 Å². The van der Waals surface area contributed by atoms with Crippen LogP contribution < -0.4 is 5.32 Å². The number of hydrogen-bond donors (Lipinski definition) is 1. The fourth-order valence-electron chi connectivity index (χ4n) is 2.31. The molecule has 0 unspecified atom stereocenters. The maximum absolute atomic E-state index is 3.63. The van der Waals surface area contributed by atoms with Crippen molar-refractivity contribution >= 4 is 0 Å². The van der Waals surface area contributed by atoms with E-state index in [1.165, 1.54) is 26.2 Å². The van der Waals surface area contributed by atoms with E-state index >= 15 is 0 Å². The maximum Gasteiger partial charge on any atom is 0.0325 e. The van der Waals surface area contributed by atoms with Crippen molar-refractivity contribution in [1.29, 1.82) is 0 Å². The van der Waals surface area contributed by atoms with Crippen molar-refractivity contribution in [3.05, 3.63) is 0 Å². The lowest BCUT2D eigenvalue weighted by Crippen LogP contribution is -2.65. The van der Waals surface area contributed by atoms with Gasteiger partial charge in [0.2, 0.25) is 0 Å². The Morgan fingerprint density at radius 1 is 0.909 bits per heavy atom. The van der Waals surface area contributed by atoms with E-state index < -0.39 is 0 Å². The molecule has 2 aliphatic rings. The van der Waals surface area contributed by atoms with Gasteiger partial charge in [-0.15, -0.1) is 0 Å². The van der Waals surface area contributed by atoms with Gasteiger partial charge in [-0.3, -0.25) is 0 Å². The number of piperazine rings is 2. The standard InChI is InChI=1S/C8H17N3/c1-10-3-7-5-11(2)6-8(4-10)9-7/h7-9H,3-6H2,1-2H3. The Kier molecular flexibility index (Phi) is 1.87. The third-order valence-corrected chi connectivity index (χ3v) is 2.60. The average molecular weight is 155 g/mol. The summed E-state index contributed by atoms with van der Waals surface area (Å²) in [5, 5.41) is 3.63. The monoisotopic (exact) mass is 155 g/mol. The normalized spacial score (nSPS) is 40.9. The van der Waals surface area contributed by atoms with Crippen LogP contribution in [0.3, 0.4) is 0 Å². The van der Waals surface area contributed by atoms with Gasteiger partial charge in [-0.2, -0.15) is 0 Å². The van der Waals surface area contributed by atoms with Gasteiger partial charge in [0.05, 0.1) is 0 Å². The molecule has 2 bridgehead atoms. The van der Waals surface area contributed by atoms with E-state index in [9.17, 15) is 0 Å². The lowest BCUT2D eigenvalue weighted by atomic mass is 10.1. The van der Waals surface area contributed by atoms with Gasteiger partial charge in [-0.25, -0.2) is 0 Å². The summed E-state index contributed by atoms with van der Waals surface area (Å²) >= 11 is 0. The molecule has 0 spiro atoms. The van der Waals surface area contributed by atoms with Gasteiger partial charge in [-0.05, 0) is 14.1 Å². The minimum Gasteiger partial charge on any atom is -0.306 e. The van der Waals surface area contributed by atoms with Crippen molar-refractivity contribution in [2.45, 2.75) is 12.1 Å². The molecular weight excluding hydrogens is 138 g/mol. The number of likely N-dealkylation sites (N-methyl/N-ethyl adjacent to an activating group) is 2. The second-order valence-corrected chi connectivity index (χ2v) is 4.00. The zero-order chi connectivity index (χ0) is 7.84. The van der Waals surface area contributed by atoms with Crippen molar-refractivity contribution in [2.24, 2.45) is 0 Å². The van der Waals surface area contributed by atoms with E-state index in [0.29, 0.717) is 12.1 Å². The highest BCUT2D eigenvalue weighted by Gasteiger charge is 2.30. The molecule has 0 aliphatic carbocycles. The number of hydrogen-bond acceptors (Lipinski definition) is 3. The van der Waals surface area contributed by atoms with Gasteiger partial charge in [0.1, 0.15) is 0 Å². The number of fused-ring (bicyclic) bond motifs is 2. The third-order valence-electron chi connectivity index (χ3n) is 2.60. The van der Waals surface area contributed by atoms with Crippen LogP contribution in [0, 0.1) is 0 Å². The second-order valence-electron chi connectivity index (χ2n) is 4.00. The lowest BCUT2D eigenvalue weighted by Gasteiger charge is -2.44. The number of rotatable bonds is 0. The molecule has 3 nitrogen and oxygen atoms in total.